The highest BCUT2D eigenvalue weighted by Gasteiger charge is 2.23. The standard InChI is InChI=1S/C13H14N6/c14-9-10-12(15)19(11-5-1-2-6-16-11)17-13(10)18-7-3-4-8-18/h1-2,5-6H,3-4,7-8,15H2. The highest BCUT2D eigenvalue weighted by Crippen LogP contribution is 2.28. The Morgan fingerprint density at radius 2 is 2.05 bits per heavy atom. The fourth-order valence-corrected chi connectivity index (χ4v) is 2.33. The second-order valence-corrected chi connectivity index (χ2v) is 4.49. The van der Waals surface area contributed by atoms with E-state index in [0.29, 0.717) is 23.0 Å². The average Bonchev–Trinajstić information content (AvgIpc) is 3.07. The molecule has 0 aromatic carbocycles. The highest BCUT2D eigenvalue weighted by molar-refractivity contribution is 5.66. The molecule has 2 aromatic rings. The number of nitrogens with two attached hydrogens (primary N) is 1. The molecule has 0 saturated carbocycles. The van der Waals surface area contributed by atoms with Crippen molar-refractivity contribution in [1.29, 1.82) is 5.26 Å². The SMILES string of the molecule is N#Cc1c(N2CCCC2)nn(-c2ccccn2)c1N. The first-order chi connectivity index (χ1) is 9.31. The van der Waals surface area contributed by atoms with E-state index < -0.39 is 0 Å². The van der Waals surface area contributed by atoms with Crippen molar-refractivity contribution in [3.05, 3.63) is 30.0 Å². The number of hydrogen-bond acceptors (Lipinski definition) is 5. The molecular formula is C13H14N6. The van der Waals surface area contributed by atoms with Crippen LogP contribution in [0.2, 0.25) is 0 Å². The minimum atomic E-state index is 0.350. The molecular weight excluding hydrogens is 240 g/mol. The zero-order valence-electron chi connectivity index (χ0n) is 10.5. The summed E-state index contributed by atoms with van der Waals surface area (Å²) in [5, 5.41) is 13.8. The lowest BCUT2D eigenvalue weighted by atomic mass is 10.3. The average molecular weight is 254 g/mol. The van der Waals surface area contributed by atoms with Crippen LogP contribution in [0.15, 0.2) is 24.4 Å². The van der Waals surface area contributed by atoms with E-state index >= 15 is 0 Å². The zero-order valence-corrected chi connectivity index (χ0v) is 10.5. The molecule has 0 atom stereocenters. The van der Waals surface area contributed by atoms with Gasteiger partial charge in [-0.2, -0.15) is 9.94 Å². The molecule has 0 bridgehead atoms. The Morgan fingerprint density at radius 3 is 2.68 bits per heavy atom. The molecule has 0 spiro atoms. The van der Waals surface area contributed by atoms with E-state index in [9.17, 15) is 5.26 Å². The van der Waals surface area contributed by atoms with Crippen molar-refractivity contribution >= 4 is 11.6 Å². The molecule has 1 saturated heterocycles. The van der Waals surface area contributed by atoms with Crippen molar-refractivity contribution in [3.63, 3.8) is 0 Å². The number of aromatic nitrogens is 3. The van der Waals surface area contributed by atoms with Gasteiger partial charge in [-0.1, -0.05) is 6.07 Å². The van der Waals surface area contributed by atoms with Gasteiger partial charge in [0.15, 0.2) is 11.6 Å². The van der Waals surface area contributed by atoms with Crippen LogP contribution in [0.25, 0.3) is 5.82 Å². The van der Waals surface area contributed by atoms with Gasteiger partial charge in [0.05, 0.1) is 0 Å². The number of rotatable bonds is 2. The lowest BCUT2D eigenvalue weighted by Crippen LogP contribution is -2.19. The van der Waals surface area contributed by atoms with Crippen LogP contribution < -0.4 is 10.6 Å². The smallest absolute Gasteiger partial charge is 0.171 e. The molecule has 6 heteroatoms. The molecule has 1 fully saturated rings. The first-order valence-corrected chi connectivity index (χ1v) is 6.26. The van der Waals surface area contributed by atoms with Crippen LogP contribution in [-0.2, 0) is 0 Å². The Balaban J connectivity index is 2.10. The van der Waals surface area contributed by atoms with Crippen molar-refractivity contribution in [2.75, 3.05) is 23.7 Å². The first-order valence-electron chi connectivity index (χ1n) is 6.26. The minimum absolute atomic E-state index is 0.350. The molecule has 6 nitrogen and oxygen atoms in total. The van der Waals surface area contributed by atoms with E-state index in [1.165, 1.54) is 4.68 Å². The first kappa shape index (κ1) is 11.5. The van der Waals surface area contributed by atoms with E-state index in [0.717, 1.165) is 25.9 Å². The van der Waals surface area contributed by atoms with Gasteiger partial charge >= 0.3 is 0 Å². The Bertz CT molecular complexity index is 619. The second-order valence-electron chi connectivity index (χ2n) is 4.49. The molecule has 1 aliphatic rings. The van der Waals surface area contributed by atoms with E-state index in [4.69, 9.17) is 5.73 Å². The summed E-state index contributed by atoms with van der Waals surface area (Å²) < 4.78 is 1.53. The van der Waals surface area contributed by atoms with Crippen molar-refractivity contribution in [2.24, 2.45) is 0 Å². The van der Waals surface area contributed by atoms with Crippen LogP contribution in [0, 0.1) is 11.3 Å². The van der Waals surface area contributed by atoms with Gasteiger partial charge in [-0.3, -0.25) is 0 Å². The van der Waals surface area contributed by atoms with E-state index in [1.54, 1.807) is 6.20 Å². The maximum absolute atomic E-state index is 9.29. The maximum Gasteiger partial charge on any atom is 0.171 e. The van der Waals surface area contributed by atoms with Gasteiger partial charge in [0, 0.05) is 19.3 Å². The van der Waals surface area contributed by atoms with Crippen molar-refractivity contribution in [3.8, 4) is 11.9 Å². The minimum Gasteiger partial charge on any atom is -0.382 e. The lowest BCUT2D eigenvalue weighted by Gasteiger charge is -2.13. The van der Waals surface area contributed by atoms with E-state index in [2.05, 4.69) is 21.1 Å². The molecule has 3 heterocycles. The Morgan fingerprint density at radius 1 is 1.26 bits per heavy atom. The van der Waals surface area contributed by atoms with Gasteiger partial charge < -0.3 is 10.6 Å². The summed E-state index contributed by atoms with van der Waals surface area (Å²) in [7, 11) is 0. The van der Waals surface area contributed by atoms with Crippen LogP contribution in [-0.4, -0.2) is 27.9 Å². The Labute approximate surface area is 111 Å². The number of anilines is 2. The zero-order chi connectivity index (χ0) is 13.2. The fraction of sp³-hybridized carbons (Fsp3) is 0.308. The molecule has 19 heavy (non-hydrogen) atoms. The van der Waals surface area contributed by atoms with Crippen molar-refractivity contribution in [2.45, 2.75) is 12.8 Å². The summed E-state index contributed by atoms with van der Waals surface area (Å²) in [4.78, 5) is 6.32. The largest absolute Gasteiger partial charge is 0.382 e. The van der Waals surface area contributed by atoms with Crippen LogP contribution in [0.3, 0.4) is 0 Å². The Kier molecular flexibility index (Phi) is 2.80. The third-order valence-electron chi connectivity index (χ3n) is 3.29. The molecule has 0 aliphatic carbocycles. The third-order valence-corrected chi connectivity index (χ3v) is 3.29. The number of nitrogen functional groups attached to an aromatic ring is 1. The van der Waals surface area contributed by atoms with E-state index in [-0.39, 0.29) is 0 Å². The van der Waals surface area contributed by atoms with Crippen molar-refractivity contribution in [1.82, 2.24) is 14.8 Å². The highest BCUT2D eigenvalue weighted by atomic mass is 15.4. The molecule has 0 radical (unpaired) electrons. The fourth-order valence-electron chi connectivity index (χ4n) is 2.33. The second kappa shape index (κ2) is 4.61. The molecule has 3 rings (SSSR count). The molecule has 2 aromatic heterocycles. The molecule has 1 aliphatic heterocycles. The third kappa shape index (κ3) is 1.89. The van der Waals surface area contributed by atoms with Crippen LogP contribution >= 0.6 is 0 Å². The van der Waals surface area contributed by atoms with Crippen LogP contribution in [0.4, 0.5) is 11.6 Å². The number of hydrogen-bond donors (Lipinski definition) is 1. The summed E-state index contributed by atoms with van der Waals surface area (Å²) in [6, 6.07) is 7.67. The molecule has 96 valence electrons. The quantitative estimate of drug-likeness (QED) is 0.873. The maximum atomic E-state index is 9.29. The Hall–Kier alpha value is -2.55. The molecule has 0 unspecified atom stereocenters. The van der Waals surface area contributed by atoms with Gasteiger partial charge in [-0.15, -0.1) is 5.10 Å². The normalized spacial score (nSPS) is 14.6. The van der Waals surface area contributed by atoms with Gasteiger partial charge in [0.1, 0.15) is 17.5 Å². The molecule has 2 N–H and O–H groups in total. The summed E-state index contributed by atoms with van der Waals surface area (Å²) in [6.07, 6.45) is 3.93. The topological polar surface area (TPSA) is 83.8 Å². The summed E-state index contributed by atoms with van der Waals surface area (Å²) in [6.45, 7) is 1.85. The summed E-state index contributed by atoms with van der Waals surface area (Å²) >= 11 is 0. The predicted molar refractivity (Wildman–Crippen MR) is 71.9 cm³/mol. The van der Waals surface area contributed by atoms with Gasteiger partial charge in [0.25, 0.3) is 0 Å². The molecule has 0 amide bonds. The van der Waals surface area contributed by atoms with Gasteiger partial charge in [-0.25, -0.2) is 4.98 Å². The van der Waals surface area contributed by atoms with Gasteiger partial charge in [0.2, 0.25) is 0 Å². The lowest BCUT2D eigenvalue weighted by molar-refractivity contribution is 0.828. The summed E-state index contributed by atoms with van der Waals surface area (Å²) in [5.74, 6) is 1.65. The van der Waals surface area contributed by atoms with Crippen LogP contribution in [0.1, 0.15) is 18.4 Å². The number of pyridine rings is 1. The summed E-state index contributed by atoms with van der Waals surface area (Å²) in [5.41, 5.74) is 6.46. The number of nitriles is 1. The van der Waals surface area contributed by atoms with Crippen LogP contribution in [0.5, 0.6) is 0 Å². The van der Waals surface area contributed by atoms with Crippen molar-refractivity contribution < 1.29 is 0 Å². The number of nitrogens with zero attached hydrogens (tertiary/aromatic N) is 5. The monoisotopic (exact) mass is 254 g/mol. The predicted octanol–water partition coefficient (Wildman–Crippen LogP) is 1.32. The van der Waals surface area contributed by atoms with Gasteiger partial charge in [-0.05, 0) is 25.0 Å². The van der Waals surface area contributed by atoms with E-state index in [1.807, 2.05) is 18.2 Å².